The van der Waals surface area contributed by atoms with Crippen LogP contribution in [0.4, 0.5) is 0 Å². The number of benzene rings is 1. The van der Waals surface area contributed by atoms with Crippen LogP contribution in [0.1, 0.15) is 30.1 Å². The molecule has 2 rings (SSSR count). The van der Waals surface area contributed by atoms with Crippen molar-refractivity contribution in [1.82, 2.24) is 9.97 Å². The Morgan fingerprint density at radius 1 is 1.42 bits per heavy atom. The molecule has 0 amide bonds. The SMILES string of the molecule is Cc1nc(CSc2cccc(Br)c2)ncc1[C@@H](C)O. The molecule has 2 aromatic rings. The van der Waals surface area contributed by atoms with Crippen molar-refractivity contribution in [1.29, 1.82) is 0 Å². The van der Waals surface area contributed by atoms with Crippen molar-refractivity contribution < 1.29 is 5.11 Å². The van der Waals surface area contributed by atoms with E-state index in [0.717, 1.165) is 27.3 Å². The summed E-state index contributed by atoms with van der Waals surface area (Å²) in [5.41, 5.74) is 1.63. The molecule has 3 nitrogen and oxygen atoms in total. The molecular formula is C14H15BrN2OS. The van der Waals surface area contributed by atoms with Crippen molar-refractivity contribution in [2.75, 3.05) is 0 Å². The Labute approximate surface area is 125 Å². The van der Waals surface area contributed by atoms with E-state index in [2.05, 4.69) is 38.0 Å². The first-order valence-electron chi connectivity index (χ1n) is 5.95. The molecule has 0 saturated heterocycles. The normalized spacial score (nSPS) is 12.4. The topological polar surface area (TPSA) is 46.0 Å². The largest absolute Gasteiger partial charge is 0.389 e. The van der Waals surface area contributed by atoms with Gasteiger partial charge >= 0.3 is 0 Å². The van der Waals surface area contributed by atoms with Crippen LogP contribution < -0.4 is 0 Å². The lowest BCUT2D eigenvalue weighted by atomic mass is 10.1. The van der Waals surface area contributed by atoms with Crippen LogP contribution >= 0.6 is 27.7 Å². The molecule has 0 spiro atoms. The molecule has 1 aromatic heterocycles. The standard InChI is InChI=1S/C14H15BrN2OS/c1-9-13(10(2)18)7-16-14(17-9)8-19-12-5-3-4-11(15)6-12/h3-7,10,18H,8H2,1-2H3/t10-/m1/s1. The molecule has 100 valence electrons. The number of aromatic nitrogens is 2. The van der Waals surface area contributed by atoms with E-state index < -0.39 is 6.10 Å². The first-order chi connectivity index (χ1) is 9.06. The third-order valence-corrected chi connectivity index (χ3v) is 4.16. The zero-order valence-corrected chi connectivity index (χ0v) is 13.2. The van der Waals surface area contributed by atoms with Gasteiger partial charge < -0.3 is 5.11 Å². The van der Waals surface area contributed by atoms with E-state index in [-0.39, 0.29) is 0 Å². The molecule has 1 atom stereocenters. The fourth-order valence-corrected chi connectivity index (χ4v) is 3.08. The minimum absolute atomic E-state index is 0.521. The van der Waals surface area contributed by atoms with Gasteiger partial charge in [-0.05, 0) is 32.0 Å². The van der Waals surface area contributed by atoms with Gasteiger partial charge in [0.05, 0.1) is 11.9 Å². The second kappa shape index (κ2) is 6.50. The van der Waals surface area contributed by atoms with Gasteiger partial charge in [0, 0.05) is 26.8 Å². The number of aliphatic hydroxyl groups excluding tert-OH is 1. The van der Waals surface area contributed by atoms with E-state index in [4.69, 9.17) is 0 Å². The smallest absolute Gasteiger partial charge is 0.138 e. The van der Waals surface area contributed by atoms with Crippen LogP contribution in [0.15, 0.2) is 39.8 Å². The van der Waals surface area contributed by atoms with Crippen LogP contribution in [0.3, 0.4) is 0 Å². The van der Waals surface area contributed by atoms with Crippen molar-refractivity contribution in [2.24, 2.45) is 0 Å². The second-order valence-electron chi connectivity index (χ2n) is 4.25. The molecule has 0 radical (unpaired) electrons. The number of rotatable bonds is 4. The Morgan fingerprint density at radius 2 is 2.21 bits per heavy atom. The highest BCUT2D eigenvalue weighted by Gasteiger charge is 2.08. The highest BCUT2D eigenvalue weighted by atomic mass is 79.9. The van der Waals surface area contributed by atoms with Crippen LogP contribution in [-0.4, -0.2) is 15.1 Å². The molecule has 19 heavy (non-hydrogen) atoms. The number of aliphatic hydroxyl groups is 1. The van der Waals surface area contributed by atoms with E-state index in [0.29, 0.717) is 0 Å². The van der Waals surface area contributed by atoms with Crippen LogP contribution in [0, 0.1) is 6.92 Å². The van der Waals surface area contributed by atoms with Gasteiger partial charge in [-0.2, -0.15) is 0 Å². The lowest BCUT2D eigenvalue weighted by Crippen LogP contribution is -2.02. The number of hydrogen-bond acceptors (Lipinski definition) is 4. The minimum atomic E-state index is -0.521. The van der Waals surface area contributed by atoms with Gasteiger partial charge in [0.2, 0.25) is 0 Å². The minimum Gasteiger partial charge on any atom is -0.389 e. The molecule has 0 unspecified atom stereocenters. The van der Waals surface area contributed by atoms with Gasteiger partial charge in [-0.1, -0.05) is 22.0 Å². The Kier molecular flexibility index (Phi) is 4.96. The lowest BCUT2D eigenvalue weighted by Gasteiger charge is -2.09. The average molecular weight is 339 g/mol. The van der Waals surface area contributed by atoms with Crippen LogP contribution in [0.2, 0.25) is 0 Å². The molecule has 1 N–H and O–H groups in total. The fraction of sp³-hybridized carbons (Fsp3) is 0.286. The van der Waals surface area contributed by atoms with E-state index in [1.807, 2.05) is 19.1 Å². The van der Waals surface area contributed by atoms with Gasteiger partial charge in [-0.15, -0.1) is 11.8 Å². The molecule has 0 aliphatic rings. The summed E-state index contributed by atoms with van der Waals surface area (Å²) >= 11 is 5.15. The summed E-state index contributed by atoms with van der Waals surface area (Å²) in [4.78, 5) is 9.90. The predicted molar refractivity (Wildman–Crippen MR) is 81.1 cm³/mol. The van der Waals surface area contributed by atoms with Gasteiger partial charge in [0.1, 0.15) is 5.82 Å². The molecule has 1 aromatic carbocycles. The molecule has 0 aliphatic heterocycles. The summed E-state index contributed by atoms with van der Waals surface area (Å²) in [7, 11) is 0. The molecule has 0 aliphatic carbocycles. The van der Waals surface area contributed by atoms with Crippen LogP contribution in [0.25, 0.3) is 0 Å². The van der Waals surface area contributed by atoms with E-state index in [1.165, 1.54) is 4.90 Å². The monoisotopic (exact) mass is 338 g/mol. The van der Waals surface area contributed by atoms with Gasteiger partial charge in [-0.3, -0.25) is 0 Å². The summed E-state index contributed by atoms with van der Waals surface area (Å²) in [5.74, 6) is 1.50. The summed E-state index contributed by atoms with van der Waals surface area (Å²) in [5, 5.41) is 9.54. The summed E-state index contributed by atoms with van der Waals surface area (Å²) in [6, 6.07) is 8.14. The van der Waals surface area contributed by atoms with Crippen LogP contribution in [-0.2, 0) is 5.75 Å². The van der Waals surface area contributed by atoms with Crippen molar-refractivity contribution >= 4 is 27.7 Å². The quantitative estimate of drug-likeness (QED) is 0.859. The van der Waals surface area contributed by atoms with Crippen molar-refractivity contribution in [2.45, 2.75) is 30.6 Å². The predicted octanol–water partition coefficient (Wildman–Crippen LogP) is 3.89. The zero-order chi connectivity index (χ0) is 13.8. The van der Waals surface area contributed by atoms with Crippen LogP contribution in [0.5, 0.6) is 0 Å². The van der Waals surface area contributed by atoms with Crippen molar-refractivity contribution in [3.63, 3.8) is 0 Å². The highest BCUT2D eigenvalue weighted by molar-refractivity contribution is 9.10. The fourth-order valence-electron chi connectivity index (χ4n) is 1.71. The number of hydrogen-bond donors (Lipinski definition) is 1. The zero-order valence-electron chi connectivity index (χ0n) is 10.8. The average Bonchev–Trinajstić information content (AvgIpc) is 2.36. The molecular weight excluding hydrogens is 324 g/mol. The number of aryl methyl sites for hydroxylation is 1. The van der Waals surface area contributed by atoms with E-state index >= 15 is 0 Å². The third-order valence-electron chi connectivity index (χ3n) is 2.68. The lowest BCUT2D eigenvalue weighted by molar-refractivity contribution is 0.197. The summed E-state index contributed by atoms with van der Waals surface area (Å²) in [6.45, 7) is 3.62. The molecule has 0 fully saturated rings. The number of halogens is 1. The Hall–Kier alpha value is -0.910. The van der Waals surface area contributed by atoms with Crippen molar-refractivity contribution in [3.05, 3.63) is 52.0 Å². The molecule has 5 heteroatoms. The van der Waals surface area contributed by atoms with Crippen molar-refractivity contribution in [3.8, 4) is 0 Å². The summed E-state index contributed by atoms with van der Waals surface area (Å²) < 4.78 is 1.07. The van der Waals surface area contributed by atoms with E-state index in [1.54, 1.807) is 24.9 Å². The maximum Gasteiger partial charge on any atom is 0.138 e. The highest BCUT2D eigenvalue weighted by Crippen LogP contribution is 2.24. The summed E-state index contributed by atoms with van der Waals surface area (Å²) in [6.07, 6.45) is 1.19. The number of thioether (sulfide) groups is 1. The maximum atomic E-state index is 9.54. The molecule has 1 heterocycles. The van der Waals surface area contributed by atoms with E-state index in [9.17, 15) is 5.11 Å². The third kappa shape index (κ3) is 4.03. The first kappa shape index (κ1) is 14.5. The van der Waals surface area contributed by atoms with Gasteiger partial charge in [0.15, 0.2) is 0 Å². The molecule has 0 saturated carbocycles. The molecule has 0 bridgehead atoms. The van der Waals surface area contributed by atoms with Gasteiger partial charge in [-0.25, -0.2) is 9.97 Å². The Balaban J connectivity index is 2.06. The maximum absolute atomic E-state index is 9.54. The van der Waals surface area contributed by atoms with Gasteiger partial charge in [0.25, 0.3) is 0 Å². The second-order valence-corrected chi connectivity index (χ2v) is 6.21. The first-order valence-corrected chi connectivity index (χ1v) is 7.73. The number of nitrogens with zero attached hydrogens (tertiary/aromatic N) is 2. The Bertz CT molecular complexity index is 575. The Morgan fingerprint density at radius 3 is 2.84 bits per heavy atom.